The van der Waals surface area contributed by atoms with Crippen molar-refractivity contribution in [1.29, 1.82) is 0 Å². The number of nitrogens with zero attached hydrogens (tertiary/aromatic N) is 3. The Hall–Kier alpha value is -4.05. The van der Waals surface area contributed by atoms with Crippen LogP contribution in [0.1, 0.15) is 46.7 Å². The van der Waals surface area contributed by atoms with Gasteiger partial charge in [-0.3, -0.25) is 9.69 Å². The third kappa shape index (κ3) is 5.54. The van der Waals surface area contributed by atoms with Gasteiger partial charge >= 0.3 is 12.0 Å². The zero-order valence-corrected chi connectivity index (χ0v) is 21.2. The van der Waals surface area contributed by atoms with E-state index in [0.717, 1.165) is 5.56 Å². The first-order chi connectivity index (χ1) is 17.7. The number of aromatic nitrogens is 2. The number of methoxy groups -OCH3 is 1. The monoisotopic (exact) mass is 525 g/mol. The van der Waals surface area contributed by atoms with Gasteiger partial charge < -0.3 is 25.5 Å². The third-order valence-electron chi connectivity index (χ3n) is 6.50. The van der Waals surface area contributed by atoms with Crippen molar-refractivity contribution in [2.45, 2.75) is 38.9 Å². The molecule has 0 bridgehead atoms. The summed E-state index contributed by atoms with van der Waals surface area (Å²) in [5.41, 5.74) is 7.40. The summed E-state index contributed by atoms with van der Waals surface area (Å²) in [6, 6.07) is 8.71. The lowest BCUT2D eigenvalue weighted by Gasteiger charge is -2.26. The summed E-state index contributed by atoms with van der Waals surface area (Å²) in [6.45, 7) is 2.23. The van der Waals surface area contributed by atoms with Crippen LogP contribution >= 0.6 is 11.6 Å². The van der Waals surface area contributed by atoms with E-state index in [4.69, 9.17) is 22.1 Å². The van der Waals surface area contributed by atoms with Crippen LogP contribution < -0.4 is 15.8 Å². The largest absolute Gasteiger partial charge is 0.496 e. The smallest absolute Gasteiger partial charge is 0.337 e. The molecule has 4 rings (SSSR count). The Bertz CT molecular complexity index is 1340. The number of imidazole rings is 1. The van der Waals surface area contributed by atoms with E-state index in [9.17, 15) is 19.5 Å². The number of carbonyl (C=O) groups is 3. The predicted octanol–water partition coefficient (Wildman–Crippen LogP) is 3.89. The molecule has 2 aromatic carbocycles. The Morgan fingerprint density at radius 1 is 1.30 bits per heavy atom. The molecule has 0 fully saturated rings. The summed E-state index contributed by atoms with van der Waals surface area (Å²) in [7, 11) is 1.55. The van der Waals surface area contributed by atoms with E-state index in [-0.39, 0.29) is 23.7 Å². The average Bonchev–Trinajstić information content (AvgIpc) is 3.26. The number of amides is 3. The number of hydrogen-bond acceptors (Lipinski definition) is 6. The van der Waals surface area contributed by atoms with E-state index in [2.05, 4.69) is 10.3 Å². The number of carbonyl (C=O) groups excluding carboxylic acids is 2. The summed E-state index contributed by atoms with van der Waals surface area (Å²) in [4.78, 5) is 44.0. The third-order valence-corrected chi connectivity index (χ3v) is 6.74. The molecule has 2 unspecified atom stereocenters. The fraction of sp³-hybridized carbons (Fsp3) is 0.308. The van der Waals surface area contributed by atoms with E-state index < -0.39 is 24.0 Å². The van der Waals surface area contributed by atoms with Gasteiger partial charge in [0.05, 0.1) is 31.2 Å². The zero-order chi connectivity index (χ0) is 26.7. The van der Waals surface area contributed by atoms with Crippen LogP contribution in [-0.4, -0.2) is 44.6 Å². The van der Waals surface area contributed by atoms with Gasteiger partial charge in [-0.1, -0.05) is 24.6 Å². The van der Waals surface area contributed by atoms with Crippen molar-refractivity contribution in [3.05, 3.63) is 76.3 Å². The van der Waals surface area contributed by atoms with Crippen LogP contribution in [0.25, 0.3) is 0 Å². The Labute approximate surface area is 219 Å². The van der Waals surface area contributed by atoms with Crippen LogP contribution in [0.3, 0.4) is 0 Å². The molecule has 3 aromatic rings. The first kappa shape index (κ1) is 26.0. The fourth-order valence-electron chi connectivity index (χ4n) is 4.55. The number of halogens is 1. The SMILES string of the molecule is CCC(NC(=O)N1Cc2nccn2CC(Cc2cc(Cl)ccc2OC)C1=O)c1ccc(C(=O)O)c(N)c1. The molecule has 0 aliphatic carbocycles. The predicted molar refractivity (Wildman–Crippen MR) is 137 cm³/mol. The number of rotatable bonds is 7. The molecule has 3 amide bonds. The number of ether oxygens (including phenoxy) is 1. The molecule has 2 heterocycles. The Kier molecular flexibility index (Phi) is 7.68. The Morgan fingerprint density at radius 3 is 2.76 bits per heavy atom. The molecular weight excluding hydrogens is 498 g/mol. The minimum atomic E-state index is -1.13. The number of carboxylic acids is 1. The maximum Gasteiger partial charge on any atom is 0.337 e. The molecular formula is C26H28ClN5O5. The van der Waals surface area contributed by atoms with Gasteiger partial charge in [0.2, 0.25) is 5.91 Å². The van der Waals surface area contributed by atoms with Crippen molar-refractivity contribution in [1.82, 2.24) is 19.8 Å². The van der Waals surface area contributed by atoms with Gasteiger partial charge in [-0.2, -0.15) is 0 Å². The number of aromatic carboxylic acids is 1. The average molecular weight is 526 g/mol. The van der Waals surface area contributed by atoms with Gasteiger partial charge in [0, 0.05) is 29.6 Å². The summed E-state index contributed by atoms with van der Waals surface area (Å²) >= 11 is 6.20. The highest BCUT2D eigenvalue weighted by molar-refractivity contribution is 6.30. The maximum atomic E-state index is 13.7. The topological polar surface area (TPSA) is 140 Å². The molecule has 0 spiro atoms. The Balaban J connectivity index is 1.60. The van der Waals surface area contributed by atoms with Crippen molar-refractivity contribution in [2.24, 2.45) is 5.92 Å². The van der Waals surface area contributed by atoms with Gasteiger partial charge in [0.1, 0.15) is 11.6 Å². The van der Waals surface area contributed by atoms with Crippen LogP contribution in [0.4, 0.5) is 10.5 Å². The number of anilines is 1. The van der Waals surface area contributed by atoms with Gasteiger partial charge in [-0.25, -0.2) is 14.6 Å². The van der Waals surface area contributed by atoms with Crippen molar-refractivity contribution in [2.75, 3.05) is 12.8 Å². The van der Waals surface area contributed by atoms with Crippen molar-refractivity contribution < 1.29 is 24.2 Å². The van der Waals surface area contributed by atoms with Crippen LogP contribution in [0.5, 0.6) is 5.75 Å². The highest BCUT2D eigenvalue weighted by Crippen LogP contribution is 2.29. The van der Waals surface area contributed by atoms with E-state index in [0.29, 0.717) is 41.5 Å². The first-order valence-corrected chi connectivity index (χ1v) is 12.2. The second-order valence-electron chi connectivity index (χ2n) is 8.84. The number of imide groups is 1. The highest BCUT2D eigenvalue weighted by atomic mass is 35.5. The number of urea groups is 1. The molecule has 1 aromatic heterocycles. The number of hydrogen-bond donors (Lipinski definition) is 3. The van der Waals surface area contributed by atoms with Gasteiger partial charge in [0.15, 0.2) is 0 Å². The van der Waals surface area contributed by atoms with E-state index in [1.54, 1.807) is 43.8 Å². The fourth-order valence-corrected chi connectivity index (χ4v) is 4.74. The highest BCUT2D eigenvalue weighted by Gasteiger charge is 2.35. The molecule has 37 heavy (non-hydrogen) atoms. The van der Waals surface area contributed by atoms with Crippen molar-refractivity contribution in [3.8, 4) is 5.75 Å². The lowest BCUT2D eigenvalue weighted by Crippen LogP contribution is -2.46. The molecule has 0 saturated heterocycles. The molecule has 194 valence electrons. The second kappa shape index (κ2) is 10.9. The number of carboxylic acid groups (broad SMARTS) is 1. The molecule has 1 aliphatic rings. The minimum absolute atomic E-state index is 0.0113. The molecule has 4 N–H and O–H groups in total. The van der Waals surface area contributed by atoms with Crippen LogP contribution in [0.2, 0.25) is 5.02 Å². The Morgan fingerprint density at radius 2 is 2.08 bits per heavy atom. The number of nitrogens with one attached hydrogen (secondary N) is 1. The van der Waals surface area contributed by atoms with E-state index >= 15 is 0 Å². The van der Waals surface area contributed by atoms with Crippen molar-refractivity contribution in [3.63, 3.8) is 0 Å². The molecule has 2 atom stereocenters. The second-order valence-corrected chi connectivity index (χ2v) is 9.28. The first-order valence-electron chi connectivity index (χ1n) is 11.8. The summed E-state index contributed by atoms with van der Waals surface area (Å²) in [5, 5.41) is 12.7. The van der Waals surface area contributed by atoms with Crippen LogP contribution in [0.15, 0.2) is 48.8 Å². The van der Waals surface area contributed by atoms with E-state index in [1.165, 1.54) is 17.0 Å². The van der Waals surface area contributed by atoms with Crippen LogP contribution in [-0.2, 0) is 24.3 Å². The number of nitrogen functional groups attached to an aromatic ring is 1. The minimum Gasteiger partial charge on any atom is -0.496 e. The molecule has 11 heteroatoms. The quantitative estimate of drug-likeness (QED) is 0.397. The summed E-state index contributed by atoms with van der Waals surface area (Å²) in [6.07, 6.45) is 4.24. The lowest BCUT2D eigenvalue weighted by atomic mass is 9.97. The summed E-state index contributed by atoms with van der Waals surface area (Å²) in [5.74, 6) is -0.849. The number of nitrogens with two attached hydrogens (primary N) is 1. The molecule has 0 saturated carbocycles. The summed E-state index contributed by atoms with van der Waals surface area (Å²) < 4.78 is 7.33. The van der Waals surface area contributed by atoms with Crippen molar-refractivity contribution >= 4 is 35.2 Å². The molecule has 0 radical (unpaired) electrons. The zero-order valence-electron chi connectivity index (χ0n) is 20.5. The van der Waals surface area contributed by atoms with Gasteiger partial charge in [-0.15, -0.1) is 0 Å². The lowest BCUT2D eigenvalue weighted by molar-refractivity contribution is -0.132. The molecule has 10 nitrogen and oxygen atoms in total. The standard InChI is InChI=1S/C26H28ClN5O5/c1-3-21(15-4-6-19(25(34)35)20(28)12-15)30-26(36)32-14-23-29-8-9-31(23)13-17(24(32)33)10-16-11-18(27)5-7-22(16)37-2/h4-9,11-12,17,21H,3,10,13-14,28H2,1-2H3,(H,30,36)(H,34,35). The van der Waals surface area contributed by atoms with Crippen LogP contribution in [0, 0.1) is 5.92 Å². The number of fused-ring (bicyclic) bond motifs is 1. The van der Waals surface area contributed by atoms with Gasteiger partial charge in [0.25, 0.3) is 0 Å². The van der Waals surface area contributed by atoms with E-state index in [1.807, 2.05) is 11.5 Å². The normalized spacial score (nSPS) is 16.0. The van der Waals surface area contributed by atoms with Gasteiger partial charge in [-0.05, 0) is 54.3 Å². The maximum absolute atomic E-state index is 13.7. The molecule has 1 aliphatic heterocycles. The number of benzene rings is 2.